The summed E-state index contributed by atoms with van der Waals surface area (Å²) < 4.78 is 0. The van der Waals surface area contributed by atoms with Crippen molar-refractivity contribution in [3.05, 3.63) is 0 Å². The molecule has 0 saturated heterocycles. The summed E-state index contributed by atoms with van der Waals surface area (Å²) in [7, 11) is 0. The van der Waals surface area contributed by atoms with Crippen LogP contribution in [-0.4, -0.2) is 0 Å². The van der Waals surface area contributed by atoms with Gasteiger partial charge in [-0.3, -0.25) is 0 Å². The molecule has 0 amide bonds. The largest absolute Gasteiger partial charge is 2.00 e. The number of halogens is 3. The van der Waals surface area contributed by atoms with E-state index in [4.69, 9.17) is 0 Å². The average Bonchev–Trinajstić information content (AvgIpc) is 0. The molecule has 0 saturated carbocycles. The van der Waals surface area contributed by atoms with Gasteiger partial charge in [0, 0.05) is 0 Å². The van der Waals surface area contributed by atoms with E-state index >= 15 is 0 Å². The molecule has 0 unspecified atom stereocenters. The molecule has 0 radical (unpaired) electrons. The molecule has 0 aliphatic rings. The fraction of sp³-hybridized carbons (Fsp3) is 0. The maximum Gasteiger partial charge on any atom is 2.00 e. The molecule has 0 aliphatic carbocycles. The summed E-state index contributed by atoms with van der Waals surface area (Å²) in [5.41, 5.74) is 0. The Morgan fingerprint density at radius 1 is 0.600 bits per heavy atom. The Morgan fingerprint density at radius 3 is 0.600 bits per heavy atom. The van der Waals surface area contributed by atoms with Gasteiger partial charge >= 0.3 is 89.3 Å². The van der Waals surface area contributed by atoms with Crippen molar-refractivity contribution in [2.45, 2.75) is 0 Å². The zero-order chi connectivity index (χ0) is 0. The summed E-state index contributed by atoms with van der Waals surface area (Å²) in [4.78, 5) is 0. The summed E-state index contributed by atoms with van der Waals surface area (Å²) in [5.74, 6) is 0. The Hall–Kier alpha value is 3.58. The van der Waals surface area contributed by atoms with Crippen molar-refractivity contribution in [3.63, 3.8) is 0 Å². The van der Waals surface area contributed by atoms with Crippen LogP contribution in [0.5, 0.6) is 0 Å². The van der Waals surface area contributed by atoms with E-state index in [-0.39, 0.29) is 127 Å². The molecule has 0 aromatic carbocycles. The van der Waals surface area contributed by atoms with Crippen molar-refractivity contribution in [1.29, 1.82) is 0 Å². The van der Waals surface area contributed by atoms with Crippen molar-refractivity contribution in [2.75, 3.05) is 0 Å². The van der Waals surface area contributed by atoms with Crippen molar-refractivity contribution in [1.82, 2.24) is 0 Å². The van der Waals surface area contributed by atoms with Crippen LogP contribution in [0.1, 0.15) is 0 Å². The van der Waals surface area contributed by atoms with Crippen molar-refractivity contribution >= 4 is 0 Å². The van der Waals surface area contributed by atoms with Gasteiger partial charge in [0.25, 0.3) is 0 Å². The molecule has 0 atom stereocenters. The van der Waals surface area contributed by atoms with E-state index in [0.717, 1.165) is 0 Å². The van der Waals surface area contributed by atoms with Crippen LogP contribution in [0.25, 0.3) is 0 Å². The van der Waals surface area contributed by atoms with Crippen LogP contribution in [0.2, 0.25) is 0 Å². The Balaban J connectivity index is 0. The molecular formula is Cl3CsPd. The van der Waals surface area contributed by atoms with Crippen LogP contribution in [0.4, 0.5) is 0 Å². The topological polar surface area (TPSA) is 0 Å². The Morgan fingerprint density at radius 2 is 0.600 bits per heavy atom. The molecule has 0 fully saturated rings. The maximum atomic E-state index is 0. The van der Waals surface area contributed by atoms with E-state index in [9.17, 15) is 0 Å². The second-order valence-electron chi connectivity index (χ2n) is 0. The van der Waals surface area contributed by atoms with Gasteiger partial charge in [-0.05, 0) is 0 Å². The summed E-state index contributed by atoms with van der Waals surface area (Å²) in [6.07, 6.45) is 0. The summed E-state index contributed by atoms with van der Waals surface area (Å²) >= 11 is 0. The van der Waals surface area contributed by atoms with Crippen LogP contribution in [0.15, 0.2) is 0 Å². The molecule has 0 rings (SSSR count). The van der Waals surface area contributed by atoms with Gasteiger partial charge in [0.2, 0.25) is 0 Å². The molecule has 0 bridgehead atoms. The molecule has 0 aliphatic heterocycles. The first-order chi connectivity index (χ1) is 0. The predicted molar refractivity (Wildman–Crippen MR) is 0 cm³/mol. The third-order valence-corrected chi connectivity index (χ3v) is 0. The smallest absolute Gasteiger partial charge is 1.00 e. The van der Waals surface area contributed by atoms with E-state index in [1.807, 2.05) is 0 Å². The molecule has 0 nitrogen and oxygen atoms in total. The van der Waals surface area contributed by atoms with E-state index < -0.39 is 0 Å². The van der Waals surface area contributed by atoms with Crippen LogP contribution in [0.3, 0.4) is 0 Å². The minimum absolute atomic E-state index is 0. The second kappa shape index (κ2) is 25.6. The van der Waals surface area contributed by atoms with Crippen LogP contribution in [0, 0.1) is 0 Å². The first-order valence-electron chi connectivity index (χ1n) is 0. The molecule has 32 valence electrons. The molecule has 5 heavy (non-hydrogen) atoms. The standard InChI is InChI=1S/3ClH.Cs.Pd/h3*1H;;/q;;;+1;+2/p-3. The fourth-order valence-corrected chi connectivity index (χ4v) is 0. The third-order valence-electron chi connectivity index (χ3n) is 0. The van der Waals surface area contributed by atoms with Gasteiger partial charge in [-0.1, -0.05) is 0 Å². The van der Waals surface area contributed by atoms with Gasteiger partial charge < -0.3 is 37.2 Å². The zero-order valence-corrected chi connectivity index (χ0v) is 12.6. The van der Waals surface area contributed by atoms with Gasteiger partial charge in [-0.2, -0.15) is 0 Å². The molecule has 0 heterocycles. The Labute approximate surface area is 123 Å². The van der Waals surface area contributed by atoms with Crippen LogP contribution in [-0.2, 0) is 20.4 Å². The predicted octanol–water partition coefficient (Wildman–Crippen LogP) is -12.0. The SMILES string of the molecule is [Cl-].[Cl-].[Cl-].[Cs+].[Pd+2]. The summed E-state index contributed by atoms with van der Waals surface area (Å²) in [6.45, 7) is 0. The van der Waals surface area contributed by atoms with Crippen molar-refractivity contribution in [3.8, 4) is 0 Å². The third kappa shape index (κ3) is 18.4. The molecule has 0 aromatic heterocycles. The number of hydrogen-bond acceptors (Lipinski definition) is 0. The van der Waals surface area contributed by atoms with Gasteiger partial charge in [0.1, 0.15) is 0 Å². The zero-order valence-electron chi connectivity index (χ0n) is 2.45. The first kappa shape index (κ1) is 38.4. The van der Waals surface area contributed by atoms with Gasteiger partial charge in [-0.15, -0.1) is 0 Å². The Bertz CT molecular complexity index is 6.85. The first-order valence-corrected chi connectivity index (χ1v) is 0. The van der Waals surface area contributed by atoms with E-state index in [0.29, 0.717) is 0 Å². The molecular weight excluding hydrogens is 346 g/mol. The summed E-state index contributed by atoms with van der Waals surface area (Å²) in [5, 5.41) is 0. The number of rotatable bonds is 0. The van der Waals surface area contributed by atoms with Crippen LogP contribution >= 0.6 is 0 Å². The normalized spacial score (nSPS) is 0. The summed E-state index contributed by atoms with van der Waals surface area (Å²) in [6, 6.07) is 0. The second-order valence-corrected chi connectivity index (χ2v) is 0. The number of hydrogen-bond donors (Lipinski definition) is 0. The molecule has 0 spiro atoms. The minimum atomic E-state index is 0. The molecule has 0 N–H and O–H groups in total. The molecule has 0 aromatic rings. The van der Waals surface area contributed by atoms with E-state index in [1.165, 1.54) is 0 Å². The van der Waals surface area contributed by atoms with Crippen LogP contribution < -0.4 is 106 Å². The average molecular weight is 346 g/mol. The quantitative estimate of drug-likeness (QED) is 0.383. The van der Waals surface area contributed by atoms with Crippen molar-refractivity contribution < 1.29 is 127 Å². The van der Waals surface area contributed by atoms with Crippen molar-refractivity contribution in [2.24, 2.45) is 0 Å². The monoisotopic (exact) mass is 344 g/mol. The Kier molecular flexibility index (Phi) is 197. The van der Waals surface area contributed by atoms with Gasteiger partial charge in [0.05, 0.1) is 0 Å². The van der Waals surface area contributed by atoms with Gasteiger partial charge in [0.15, 0.2) is 0 Å². The maximum absolute atomic E-state index is 0. The van der Waals surface area contributed by atoms with Gasteiger partial charge in [-0.25, -0.2) is 0 Å². The van der Waals surface area contributed by atoms with E-state index in [1.54, 1.807) is 0 Å². The van der Waals surface area contributed by atoms with E-state index in [2.05, 4.69) is 0 Å². The minimum Gasteiger partial charge on any atom is -1.00 e. The molecule has 5 heteroatoms. The fourth-order valence-electron chi connectivity index (χ4n) is 0.